The molecule has 0 atom stereocenters. The summed E-state index contributed by atoms with van der Waals surface area (Å²) in [5.74, 6) is -8.32. The summed E-state index contributed by atoms with van der Waals surface area (Å²) in [6, 6.07) is 0. The number of ether oxygens (including phenoxy) is 2. The van der Waals surface area contributed by atoms with Crippen molar-refractivity contribution in [1.82, 2.24) is 4.98 Å². The minimum atomic E-state index is -5.38. The van der Waals surface area contributed by atoms with Crippen LogP contribution in [0.5, 0.6) is 0 Å². The molecule has 1 aromatic heterocycles. The predicted molar refractivity (Wildman–Crippen MR) is 85.2 cm³/mol. The quantitative estimate of drug-likeness (QED) is 0.388. The molecule has 0 fully saturated rings. The Morgan fingerprint density at radius 2 is 1.39 bits per heavy atom. The summed E-state index contributed by atoms with van der Waals surface area (Å²) < 4.78 is 77.8. The summed E-state index contributed by atoms with van der Waals surface area (Å²) in [7, 11) is 1.55. The van der Waals surface area contributed by atoms with Gasteiger partial charge in [0.15, 0.2) is 5.69 Å². The fraction of sp³-hybridized carbons (Fsp3) is 0.500. The number of pyridine rings is 1. The van der Waals surface area contributed by atoms with E-state index >= 15 is 0 Å². The second-order valence-electron chi connectivity index (χ2n) is 5.96. The van der Waals surface area contributed by atoms with Gasteiger partial charge in [0.1, 0.15) is 5.69 Å². The van der Waals surface area contributed by atoms with E-state index in [1.807, 2.05) is 0 Å². The van der Waals surface area contributed by atoms with E-state index in [2.05, 4.69) is 14.5 Å². The second kappa shape index (κ2) is 8.38. The molecule has 1 aromatic rings. The molecule has 28 heavy (non-hydrogen) atoms. The number of nitrogens with zero attached hydrogens (tertiary/aromatic N) is 1. The fourth-order valence-corrected chi connectivity index (χ4v) is 2.51. The number of rotatable bonds is 6. The molecule has 0 radical (unpaired) electrons. The van der Waals surface area contributed by atoms with Gasteiger partial charge >= 0.3 is 24.0 Å². The average molecular weight is 432 g/mol. The summed E-state index contributed by atoms with van der Waals surface area (Å²) in [5.41, 5.74) is -6.98. The van der Waals surface area contributed by atoms with Crippen molar-refractivity contribution in [1.29, 1.82) is 0 Å². The van der Waals surface area contributed by atoms with E-state index in [1.165, 1.54) is 13.8 Å². The van der Waals surface area contributed by atoms with Crippen LogP contribution in [-0.2, 0) is 32.8 Å². The molecule has 0 N–H and O–H groups in total. The molecule has 0 aliphatic heterocycles. The van der Waals surface area contributed by atoms with Gasteiger partial charge in [-0.25, -0.2) is 14.6 Å². The second-order valence-corrected chi connectivity index (χ2v) is 6.31. The van der Waals surface area contributed by atoms with Crippen molar-refractivity contribution >= 4 is 28.8 Å². The predicted octanol–water partition coefficient (Wildman–Crippen LogP) is 3.73. The highest BCUT2D eigenvalue weighted by atomic mass is 35.5. The standard InChI is InChI=1S/C16H15ClF5NO5/c1-6(2)5-7-8(12(24)27-3)10(15(18,19)14(17)26)23-11(16(20,21)22)9(7)13(25)28-4/h6H,5H2,1-4H3. The van der Waals surface area contributed by atoms with Gasteiger partial charge in [-0.2, -0.15) is 22.0 Å². The lowest BCUT2D eigenvalue weighted by Gasteiger charge is -2.23. The Balaban J connectivity index is 4.27. The number of esters is 2. The number of hydrogen-bond donors (Lipinski definition) is 0. The average Bonchev–Trinajstić information content (AvgIpc) is 2.57. The number of methoxy groups -OCH3 is 2. The normalized spacial score (nSPS) is 12.1. The van der Waals surface area contributed by atoms with Crippen LogP contribution < -0.4 is 0 Å². The maximum absolute atomic E-state index is 14.3. The van der Waals surface area contributed by atoms with Gasteiger partial charge in [-0.05, 0) is 29.5 Å². The molecule has 0 amide bonds. The number of carbonyl (C=O) groups excluding carboxylic acids is 3. The van der Waals surface area contributed by atoms with Crippen LogP contribution in [0.15, 0.2) is 0 Å². The topological polar surface area (TPSA) is 82.6 Å². The number of aromatic nitrogens is 1. The molecular formula is C16H15ClF5NO5. The van der Waals surface area contributed by atoms with Crippen molar-refractivity contribution in [2.45, 2.75) is 32.4 Å². The molecule has 0 bridgehead atoms. The molecule has 0 aromatic carbocycles. The molecule has 1 heterocycles. The maximum atomic E-state index is 14.3. The van der Waals surface area contributed by atoms with Crippen LogP contribution in [0.3, 0.4) is 0 Å². The van der Waals surface area contributed by atoms with Gasteiger partial charge in [-0.15, -0.1) is 0 Å². The van der Waals surface area contributed by atoms with Crippen LogP contribution in [0.2, 0.25) is 0 Å². The minimum Gasteiger partial charge on any atom is -0.465 e. The minimum absolute atomic E-state index is 0.431. The van der Waals surface area contributed by atoms with Gasteiger partial charge in [-0.3, -0.25) is 4.79 Å². The molecule has 6 nitrogen and oxygen atoms in total. The SMILES string of the molecule is COC(=O)c1c(C(F)(F)F)nc(C(F)(F)C(=O)Cl)c(C(=O)OC)c1CC(C)C. The molecule has 0 saturated heterocycles. The Kier molecular flexibility index (Phi) is 7.10. The van der Waals surface area contributed by atoms with Crippen LogP contribution in [0.25, 0.3) is 0 Å². The molecule has 0 aliphatic carbocycles. The Labute approximate surface area is 161 Å². The summed E-state index contributed by atoms with van der Waals surface area (Å²) in [6.45, 7) is 3.00. The summed E-state index contributed by atoms with van der Waals surface area (Å²) in [5, 5.41) is -2.36. The number of halogens is 6. The summed E-state index contributed by atoms with van der Waals surface area (Å²) >= 11 is 4.82. The van der Waals surface area contributed by atoms with Crippen LogP contribution in [0, 0.1) is 5.92 Å². The van der Waals surface area contributed by atoms with E-state index in [9.17, 15) is 36.3 Å². The summed E-state index contributed by atoms with van der Waals surface area (Å²) in [4.78, 5) is 38.1. The first-order valence-corrected chi connectivity index (χ1v) is 7.96. The first-order valence-electron chi connectivity index (χ1n) is 7.58. The van der Waals surface area contributed by atoms with Crippen molar-refractivity contribution < 1.29 is 45.8 Å². The van der Waals surface area contributed by atoms with E-state index in [0.717, 1.165) is 14.2 Å². The number of carbonyl (C=O) groups is 3. The van der Waals surface area contributed by atoms with Crippen molar-refractivity contribution in [2.24, 2.45) is 5.92 Å². The van der Waals surface area contributed by atoms with Gasteiger partial charge in [0.05, 0.1) is 25.3 Å². The van der Waals surface area contributed by atoms with E-state index in [-0.39, 0.29) is 0 Å². The van der Waals surface area contributed by atoms with Crippen molar-refractivity contribution in [3.8, 4) is 0 Å². The first-order chi connectivity index (χ1) is 12.7. The Bertz CT molecular complexity index is 808. The highest BCUT2D eigenvalue weighted by Gasteiger charge is 2.50. The number of alkyl halides is 5. The zero-order valence-electron chi connectivity index (χ0n) is 15.0. The summed E-state index contributed by atoms with van der Waals surface area (Å²) in [6.07, 6.45) is -5.82. The highest BCUT2D eigenvalue weighted by Crippen LogP contribution is 2.40. The smallest absolute Gasteiger partial charge is 0.434 e. The van der Waals surface area contributed by atoms with Crippen LogP contribution in [0.4, 0.5) is 22.0 Å². The fourth-order valence-electron chi connectivity index (χ4n) is 2.42. The third-order valence-electron chi connectivity index (χ3n) is 3.50. The van der Waals surface area contributed by atoms with Crippen molar-refractivity contribution in [3.05, 3.63) is 28.1 Å². The molecule has 0 saturated carbocycles. The first kappa shape index (κ1) is 23.7. The van der Waals surface area contributed by atoms with Gasteiger partial charge in [-0.1, -0.05) is 13.8 Å². The van der Waals surface area contributed by atoms with Crippen molar-refractivity contribution in [3.63, 3.8) is 0 Å². The molecule has 12 heteroatoms. The Morgan fingerprint density at radius 3 is 1.71 bits per heavy atom. The van der Waals surface area contributed by atoms with Crippen LogP contribution in [0.1, 0.15) is 51.5 Å². The lowest BCUT2D eigenvalue weighted by atomic mass is 9.89. The zero-order valence-corrected chi connectivity index (χ0v) is 15.8. The van der Waals surface area contributed by atoms with E-state index in [4.69, 9.17) is 11.6 Å². The van der Waals surface area contributed by atoms with Gasteiger partial charge in [0.2, 0.25) is 0 Å². The molecule has 0 unspecified atom stereocenters. The van der Waals surface area contributed by atoms with Gasteiger partial charge < -0.3 is 9.47 Å². The maximum Gasteiger partial charge on any atom is 0.434 e. The molecule has 0 spiro atoms. The number of hydrogen-bond acceptors (Lipinski definition) is 6. The van der Waals surface area contributed by atoms with E-state index in [1.54, 1.807) is 0 Å². The molecule has 156 valence electrons. The molecule has 1 rings (SSSR count). The zero-order chi connectivity index (χ0) is 22.0. The van der Waals surface area contributed by atoms with E-state index in [0.29, 0.717) is 0 Å². The Morgan fingerprint density at radius 1 is 0.964 bits per heavy atom. The molecular weight excluding hydrogens is 417 g/mol. The van der Waals surface area contributed by atoms with Crippen molar-refractivity contribution in [2.75, 3.05) is 14.2 Å². The van der Waals surface area contributed by atoms with E-state index < -0.39 is 69.7 Å². The third-order valence-corrected chi connectivity index (χ3v) is 3.74. The molecule has 0 aliphatic rings. The van der Waals surface area contributed by atoms with Crippen LogP contribution in [-0.4, -0.2) is 36.4 Å². The lowest BCUT2D eigenvalue weighted by molar-refractivity contribution is -0.144. The largest absolute Gasteiger partial charge is 0.465 e. The lowest BCUT2D eigenvalue weighted by Crippen LogP contribution is -2.32. The highest BCUT2D eigenvalue weighted by molar-refractivity contribution is 6.65. The van der Waals surface area contributed by atoms with Gasteiger partial charge in [0.25, 0.3) is 5.24 Å². The van der Waals surface area contributed by atoms with Gasteiger partial charge in [0, 0.05) is 0 Å². The van der Waals surface area contributed by atoms with Crippen LogP contribution >= 0.6 is 11.6 Å². The third kappa shape index (κ3) is 4.57. The Hall–Kier alpha value is -2.30. The monoisotopic (exact) mass is 431 g/mol.